The second-order valence-corrected chi connectivity index (χ2v) is 5.23. The fourth-order valence-electron chi connectivity index (χ4n) is 2.69. The van der Waals surface area contributed by atoms with E-state index in [9.17, 15) is 0 Å². The Labute approximate surface area is 105 Å². The highest BCUT2D eigenvalue weighted by Crippen LogP contribution is 2.28. The molecule has 0 spiro atoms. The first-order valence-electron chi connectivity index (χ1n) is 6.79. The van der Waals surface area contributed by atoms with E-state index in [1.807, 2.05) is 0 Å². The lowest BCUT2D eigenvalue weighted by atomic mass is 10.0. The Bertz CT molecular complexity index is 325. The third-order valence-electron chi connectivity index (χ3n) is 3.96. The number of rotatable bonds is 5. The number of nitrogens with zero attached hydrogens (tertiary/aromatic N) is 1. The van der Waals surface area contributed by atoms with Gasteiger partial charge in [-0.15, -0.1) is 0 Å². The molecule has 1 aliphatic rings. The van der Waals surface area contributed by atoms with Crippen LogP contribution in [0.25, 0.3) is 0 Å². The molecule has 0 amide bonds. The normalized spacial score (nSPS) is 16.4. The largest absolute Gasteiger partial charge is 0.375 e. The first-order valence-corrected chi connectivity index (χ1v) is 6.79. The van der Waals surface area contributed by atoms with Crippen molar-refractivity contribution in [3.05, 3.63) is 29.8 Å². The molecule has 0 aliphatic heterocycles. The molecule has 0 saturated heterocycles. The first-order chi connectivity index (χ1) is 8.29. The summed E-state index contributed by atoms with van der Waals surface area (Å²) in [5.74, 6) is 0.973. The Morgan fingerprint density at radius 3 is 2.41 bits per heavy atom. The van der Waals surface area contributed by atoms with Gasteiger partial charge in [-0.3, -0.25) is 0 Å². The van der Waals surface area contributed by atoms with E-state index in [0.717, 1.165) is 5.92 Å². The maximum atomic E-state index is 5.60. The molecule has 2 N–H and O–H groups in total. The summed E-state index contributed by atoms with van der Waals surface area (Å²) in [6, 6.07) is 8.61. The molecule has 1 saturated carbocycles. The van der Waals surface area contributed by atoms with Crippen molar-refractivity contribution in [1.29, 1.82) is 0 Å². The monoisotopic (exact) mass is 232 g/mol. The van der Waals surface area contributed by atoms with Crippen molar-refractivity contribution in [3.63, 3.8) is 0 Å². The van der Waals surface area contributed by atoms with E-state index in [1.54, 1.807) is 0 Å². The Balaban J connectivity index is 1.83. The van der Waals surface area contributed by atoms with Crippen molar-refractivity contribution in [1.82, 2.24) is 0 Å². The van der Waals surface area contributed by atoms with Gasteiger partial charge in [-0.2, -0.15) is 0 Å². The van der Waals surface area contributed by atoms with Crippen LogP contribution in [-0.4, -0.2) is 13.6 Å². The molecule has 0 bridgehead atoms. The second kappa shape index (κ2) is 6.06. The molecule has 2 rings (SSSR count). The SMILES string of the molecule is CN(CCC1CCCC1)c1ccc(CN)cc1. The first kappa shape index (κ1) is 12.4. The van der Waals surface area contributed by atoms with Gasteiger partial charge in [-0.25, -0.2) is 0 Å². The maximum absolute atomic E-state index is 5.60. The van der Waals surface area contributed by atoms with E-state index in [0.29, 0.717) is 6.54 Å². The number of nitrogens with two attached hydrogens (primary N) is 1. The van der Waals surface area contributed by atoms with Gasteiger partial charge in [0.05, 0.1) is 0 Å². The van der Waals surface area contributed by atoms with Crippen LogP contribution in [0.5, 0.6) is 0 Å². The average molecular weight is 232 g/mol. The number of hydrogen-bond donors (Lipinski definition) is 1. The van der Waals surface area contributed by atoms with Crippen LogP contribution < -0.4 is 10.6 Å². The van der Waals surface area contributed by atoms with Crippen molar-refractivity contribution in [3.8, 4) is 0 Å². The van der Waals surface area contributed by atoms with Gasteiger partial charge in [-0.05, 0) is 30.0 Å². The van der Waals surface area contributed by atoms with Crippen LogP contribution >= 0.6 is 0 Å². The van der Waals surface area contributed by atoms with Crippen molar-refractivity contribution in [2.75, 3.05) is 18.5 Å². The molecule has 2 nitrogen and oxygen atoms in total. The van der Waals surface area contributed by atoms with Crippen molar-refractivity contribution >= 4 is 5.69 Å². The van der Waals surface area contributed by atoms with Crippen LogP contribution in [0.4, 0.5) is 5.69 Å². The van der Waals surface area contributed by atoms with E-state index in [2.05, 4.69) is 36.2 Å². The van der Waals surface area contributed by atoms with Gasteiger partial charge in [-0.1, -0.05) is 37.8 Å². The van der Waals surface area contributed by atoms with E-state index >= 15 is 0 Å². The molecule has 2 heteroatoms. The van der Waals surface area contributed by atoms with Crippen LogP contribution in [0, 0.1) is 5.92 Å². The molecule has 94 valence electrons. The van der Waals surface area contributed by atoms with Gasteiger partial charge in [0.1, 0.15) is 0 Å². The molecular formula is C15H24N2. The Morgan fingerprint density at radius 1 is 1.18 bits per heavy atom. The quantitative estimate of drug-likeness (QED) is 0.845. The van der Waals surface area contributed by atoms with Gasteiger partial charge >= 0.3 is 0 Å². The summed E-state index contributed by atoms with van der Waals surface area (Å²) in [5.41, 5.74) is 8.12. The van der Waals surface area contributed by atoms with Crippen LogP contribution in [0.2, 0.25) is 0 Å². The number of anilines is 1. The minimum Gasteiger partial charge on any atom is -0.375 e. The third kappa shape index (κ3) is 3.47. The topological polar surface area (TPSA) is 29.3 Å². The lowest BCUT2D eigenvalue weighted by Gasteiger charge is -2.21. The van der Waals surface area contributed by atoms with Crippen molar-refractivity contribution in [2.24, 2.45) is 11.7 Å². The van der Waals surface area contributed by atoms with Gasteiger partial charge in [0.15, 0.2) is 0 Å². The maximum Gasteiger partial charge on any atom is 0.0363 e. The Morgan fingerprint density at radius 2 is 1.82 bits per heavy atom. The second-order valence-electron chi connectivity index (χ2n) is 5.23. The lowest BCUT2D eigenvalue weighted by Crippen LogP contribution is -2.20. The molecule has 0 heterocycles. The smallest absolute Gasteiger partial charge is 0.0363 e. The summed E-state index contributed by atoms with van der Waals surface area (Å²) in [6.07, 6.45) is 7.12. The van der Waals surface area contributed by atoms with Crippen LogP contribution in [0.3, 0.4) is 0 Å². The van der Waals surface area contributed by atoms with E-state index in [4.69, 9.17) is 5.73 Å². The highest BCUT2D eigenvalue weighted by molar-refractivity contribution is 5.46. The summed E-state index contributed by atoms with van der Waals surface area (Å²) in [5, 5.41) is 0. The summed E-state index contributed by atoms with van der Waals surface area (Å²) in [4.78, 5) is 2.36. The van der Waals surface area contributed by atoms with Crippen LogP contribution in [-0.2, 0) is 6.54 Å². The molecule has 1 fully saturated rings. The summed E-state index contributed by atoms with van der Waals surface area (Å²) in [6.45, 7) is 1.80. The molecule has 1 aromatic carbocycles. The predicted octanol–water partition coefficient (Wildman–Crippen LogP) is 3.16. The van der Waals surface area contributed by atoms with Crippen LogP contribution in [0.1, 0.15) is 37.7 Å². The molecule has 0 radical (unpaired) electrons. The zero-order valence-electron chi connectivity index (χ0n) is 10.9. The summed E-state index contributed by atoms with van der Waals surface area (Å²) >= 11 is 0. The fourth-order valence-corrected chi connectivity index (χ4v) is 2.69. The molecular weight excluding hydrogens is 208 g/mol. The van der Waals surface area contributed by atoms with Gasteiger partial charge < -0.3 is 10.6 Å². The zero-order chi connectivity index (χ0) is 12.1. The van der Waals surface area contributed by atoms with E-state index < -0.39 is 0 Å². The predicted molar refractivity (Wildman–Crippen MR) is 74.2 cm³/mol. The Kier molecular flexibility index (Phi) is 4.43. The molecule has 1 aromatic rings. The van der Waals surface area contributed by atoms with Gasteiger partial charge in [0.2, 0.25) is 0 Å². The van der Waals surface area contributed by atoms with Crippen molar-refractivity contribution in [2.45, 2.75) is 38.6 Å². The molecule has 0 unspecified atom stereocenters. The summed E-state index contributed by atoms with van der Waals surface area (Å²) < 4.78 is 0. The van der Waals surface area contributed by atoms with Gasteiger partial charge in [0, 0.05) is 25.8 Å². The van der Waals surface area contributed by atoms with E-state index in [1.165, 1.54) is 49.9 Å². The standard InChI is InChI=1S/C15H24N2/c1-17(11-10-13-4-2-3-5-13)15-8-6-14(12-16)7-9-15/h6-9,13H,2-5,10-12,16H2,1H3. The lowest BCUT2D eigenvalue weighted by molar-refractivity contribution is 0.505. The highest BCUT2D eigenvalue weighted by Gasteiger charge is 2.15. The molecule has 1 aliphatic carbocycles. The minimum atomic E-state index is 0.631. The highest BCUT2D eigenvalue weighted by atomic mass is 15.1. The van der Waals surface area contributed by atoms with Gasteiger partial charge in [0.25, 0.3) is 0 Å². The molecule has 0 aromatic heterocycles. The van der Waals surface area contributed by atoms with Crippen LogP contribution in [0.15, 0.2) is 24.3 Å². The van der Waals surface area contributed by atoms with E-state index in [-0.39, 0.29) is 0 Å². The molecule has 0 atom stereocenters. The van der Waals surface area contributed by atoms with Crippen molar-refractivity contribution < 1.29 is 0 Å². The number of benzene rings is 1. The Hall–Kier alpha value is -1.02. The zero-order valence-corrected chi connectivity index (χ0v) is 10.9. The fraction of sp³-hybridized carbons (Fsp3) is 0.600. The third-order valence-corrected chi connectivity index (χ3v) is 3.96. The molecule has 17 heavy (non-hydrogen) atoms. The number of hydrogen-bond acceptors (Lipinski definition) is 2. The minimum absolute atomic E-state index is 0.631. The summed E-state index contributed by atoms with van der Waals surface area (Å²) in [7, 11) is 2.19. The average Bonchev–Trinajstić information content (AvgIpc) is 2.89.